The molecule has 0 saturated carbocycles. The van der Waals surface area contributed by atoms with Crippen LogP contribution in [0.5, 0.6) is 0 Å². The topological polar surface area (TPSA) is 0 Å². The minimum Gasteiger partial charge on any atom is -0.0616 e. The normalized spacial score (nSPS) is 11.6. The Labute approximate surface area is 132 Å². The zero-order valence-electron chi connectivity index (χ0n) is 12.1. The van der Waals surface area contributed by atoms with Gasteiger partial charge in [-0.05, 0) is 69.4 Å². The second-order valence-electron chi connectivity index (χ2n) is 5.65. The largest absolute Gasteiger partial charge is 0.0616 e. The van der Waals surface area contributed by atoms with Crippen molar-refractivity contribution in [3.8, 4) is 0 Å². The van der Waals surface area contributed by atoms with Crippen LogP contribution in [0.1, 0.15) is 11.1 Å². The van der Waals surface area contributed by atoms with E-state index in [0.29, 0.717) is 0 Å². The van der Waals surface area contributed by atoms with Gasteiger partial charge in [0, 0.05) is 4.47 Å². The van der Waals surface area contributed by atoms with Crippen molar-refractivity contribution in [2.24, 2.45) is 0 Å². The molecule has 1 heteroatoms. The van der Waals surface area contributed by atoms with Gasteiger partial charge in [0.1, 0.15) is 0 Å². The summed E-state index contributed by atoms with van der Waals surface area (Å²) in [5.74, 6) is 0. The fraction of sp³-hybridized carbons (Fsp3) is 0.100. The Morgan fingerprint density at radius 1 is 0.667 bits per heavy atom. The minimum absolute atomic E-state index is 1.14. The Morgan fingerprint density at radius 2 is 1.43 bits per heavy atom. The van der Waals surface area contributed by atoms with Crippen molar-refractivity contribution in [3.05, 3.63) is 70.2 Å². The van der Waals surface area contributed by atoms with Gasteiger partial charge in [0.15, 0.2) is 0 Å². The van der Waals surface area contributed by atoms with Crippen LogP contribution in [0.25, 0.3) is 32.3 Å². The molecule has 0 saturated heterocycles. The Bertz CT molecular complexity index is 1010. The summed E-state index contributed by atoms with van der Waals surface area (Å²) in [4.78, 5) is 0. The molecule has 0 fully saturated rings. The van der Waals surface area contributed by atoms with Crippen LogP contribution in [-0.4, -0.2) is 0 Å². The molecule has 0 atom stereocenters. The quantitative estimate of drug-likeness (QED) is 0.253. The van der Waals surface area contributed by atoms with E-state index in [1.165, 1.54) is 43.4 Å². The van der Waals surface area contributed by atoms with E-state index < -0.39 is 0 Å². The summed E-state index contributed by atoms with van der Waals surface area (Å²) >= 11 is 3.59. The van der Waals surface area contributed by atoms with Gasteiger partial charge in [-0.3, -0.25) is 0 Å². The number of fused-ring (bicyclic) bond motifs is 4. The van der Waals surface area contributed by atoms with Gasteiger partial charge in [0.05, 0.1) is 0 Å². The fourth-order valence-corrected chi connectivity index (χ4v) is 3.78. The molecule has 4 aromatic carbocycles. The van der Waals surface area contributed by atoms with Gasteiger partial charge < -0.3 is 0 Å². The molecule has 0 aliphatic rings. The van der Waals surface area contributed by atoms with Crippen LogP contribution in [0.2, 0.25) is 0 Å². The van der Waals surface area contributed by atoms with E-state index in [0.717, 1.165) is 4.47 Å². The lowest BCUT2D eigenvalue weighted by Crippen LogP contribution is -1.89. The number of halogens is 1. The highest BCUT2D eigenvalue weighted by atomic mass is 79.9. The van der Waals surface area contributed by atoms with E-state index in [1.807, 2.05) is 0 Å². The first kappa shape index (κ1) is 12.8. The van der Waals surface area contributed by atoms with E-state index in [1.54, 1.807) is 0 Å². The third-order valence-electron chi connectivity index (χ3n) is 4.50. The highest BCUT2D eigenvalue weighted by Crippen LogP contribution is 2.37. The van der Waals surface area contributed by atoms with Crippen LogP contribution in [0.4, 0.5) is 0 Å². The maximum atomic E-state index is 3.59. The molecule has 102 valence electrons. The molecule has 0 spiro atoms. The Morgan fingerprint density at radius 3 is 2.29 bits per heavy atom. The third kappa shape index (κ3) is 1.81. The van der Waals surface area contributed by atoms with E-state index in [9.17, 15) is 0 Å². The molecule has 4 rings (SSSR count). The average molecular weight is 335 g/mol. The van der Waals surface area contributed by atoms with E-state index in [-0.39, 0.29) is 0 Å². The third-order valence-corrected chi connectivity index (χ3v) is 4.99. The SMILES string of the molecule is Cc1c2cc(Br)ccc2c(C)c2c1ccc1ccccc12. The highest BCUT2D eigenvalue weighted by Gasteiger charge is 2.11. The van der Waals surface area contributed by atoms with Crippen molar-refractivity contribution in [2.75, 3.05) is 0 Å². The summed E-state index contributed by atoms with van der Waals surface area (Å²) in [6, 6.07) is 19.7. The van der Waals surface area contributed by atoms with Crippen molar-refractivity contribution >= 4 is 48.2 Å². The van der Waals surface area contributed by atoms with Crippen LogP contribution in [0.3, 0.4) is 0 Å². The van der Waals surface area contributed by atoms with Crippen molar-refractivity contribution < 1.29 is 0 Å². The molecule has 21 heavy (non-hydrogen) atoms. The Balaban J connectivity index is 2.35. The molecule has 0 N–H and O–H groups in total. The molecule has 0 nitrogen and oxygen atoms in total. The minimum atomic E-state index is 1.14. The number of hydrogen-bond donors (Lipinski definition) is 0. The molecular formula is C20H15Br. The smallest absolute Gasteiger partial charge is 0.0181 e. The van der Waals surface area contributed by atoms with Crippen molar-refractivity contribution in [1.82, 2.24) is 0 Å². The van der Waals surface area contributed by atoms with Gasteiger partial charge in [0.25, 0.3) is 0 Å². The first-order valence-corrected chi connectivity index (χ1v) is 7.96. The predicted octanol–water partition coefficient (Wildman–Crippen LogP) is 6.53. The fourth-order valence-electron chi connectivity index (χ4n) is 3.42. The summed E-state index contributed by atoms with van der Waals surface area (Å²) in [6.07, 6.45) is 0. The van der Waals surface area contributed by atoms with Gasteiger partial charge in [-0.25, -0.2) is 0 Å². The van der Waals surface area contributed by atoms with Gasteiger partial charge in [0.2, 0.25) is 0 Å². The predicted molar refractivity (Wildman–Crippen MR) is 96.1 cm³/mol. The van der Waals surface area contributed by atoms with Crippen molar-refractivity contribution in [3.63, 3.8) is 0 Å². The zero-order valence-corrected chi connectivity index (χ0v) is 13.7. The number of aryl methyl sites for hydroxylation is 2. The molecule has 0 heterocycles. The molecule has 0 bridgehead atoms. The molecule has 0 aliphatic heterocycles. The molecule has 0 aromatic heterocycles. The van der Waals surface area contributed by atoms with Crippen LogP contribution >= 0.6 is 15.9 Å². The Kier molecular flexibility index (Phi) is 2.80. The second kappa shape index (κ2) is 4.57. The molecule has 4 aromatic rings. The second-order valence-corrected chi connectivity index (χ2v) is 6.56. The van der Waals surface area contributed by atoms with E-state index in [4.69, 9.17) is 0 Å². The molecule has 0 amide bonds. The zero-order chi connectivity index (χ0) is 14.6. The lowest BCUT2D eigenvalue weighted by Gasteiger charge is -2.14. The maximum Gasteiger partial charge on any atom is 0.0181 e. The molecular weight excluding hydrogens is 320 g/mol. The first-order valence-electron chi connectivity index (χ1n) is 7.17. The van der Waals surface area contributed by atoms with Gasteiger partial charge in [-0.2, -0.15) is 0 Å². The molecule has 0 unspecified atom stereocenters. The van der Waals surface area contributed by atoms with Crippen LogP contribution in [0, 0.1) is 13.8 Å². The van der Waals surface area contributed by atoms with Crippen LogP contribution in [-0.2, 0) is 0 Å². The summed E-state index contributed by atoms with van der Waals surface area (Å²) in [6.45, 7) is 4.47. The average Bonchev–Trinajstić information content (AvgIpc) is 2.51. The summed E-state index contributed by atoms with van der Waals surface area (Å²) in [5, 5.41) is 8.09. The van der Waals surface area contributed by atoms with Crippen LogP contribution in [0.15, 0.2) is 59.1 Å². The maximum absolute atomic E-state index is 3.59. The highest BCUT2D eigenvalue weighted by molar-refractivity contribution is 9.10. The van der Waals surface area contributed by atoms with Gasteiger partial charge in [-0.15, -0.1) is 0 Å². The van der Waals surface area contributed by atoms with Crippen molar-refractivity contribution in [2.45, 2.75) is 13.8 Å². The summed E-state index contributed by atoms with van der Waals surface area (Å²) < 4.78 is 1.14. The van der Waals surface area contributed by atoms with E-state index in [2.05, 4.69) is 84.4 Å². The first-order chi connectivity index (χ1) is 10.2. The summed E-state index contributed by atoms with van der Waals surface area (Å²) in [7, 11) is 0. The Hall–Kier alpha value is -1.86. The molecule has 0 aliphatic carbocycles. The monoisotopic (exact) mass is 334 g/mol. The van der Waals surface area contributed by atoms with Gasteiger partial charge in [-0.1, -0.05) is 58.4 Å². The number of benzene rings is 4. The van der Waals surface area contributed by atoms with Gasteiger partial charge >= 0.3 is 0 Å². The summed E-state index contributed by atoms with van der Waals surface area (Å²) in [5.41, 5.74) is 2.73. The van der Waals surface area contributed by atoms with Crippen molar-refractivity contribution in [1.29, 1.82) is 0 Å². The van der Waals surface area contributed by atoms with E-state index >= 15 is 0 Å². The van der Waals surface area contributed by atoms with Crippen LogP contribution < -0.4 is 0 Å². The molecule has 0 radical (unpaired) electrons. The lowest BCUT2D eigenvalue weighted by atomic mass is 9.90. The number of hydrogen-bond acceptors (Lipinski definition) is 0. The standard InChI is InChI=1S/C20H15Br/c1-12-17-9-7-14-5-3-4-6-18(14)20(17)13(2)16-10-8-15(21)11-19(12)16/h3-11H,1-2H3. The number of rotatable bonds is 0. The lowest BCUT2D eigenvalue weighted by molar-refractivity contribution is 1.53.